The van der Waals surface area contributed by atoms with Crippen molar-refractivity contribution < 1.29 is 43.9 Å². The Hall–Kier alpha value is -2.00. The minimum atomic E-state index is -2.82. The van der Waals surface area contributed by atoms with Crippen LogP contribution in [0.1, 0.15) is 27.2 Å². The number of ketones is 1. The van der Waals surface area contributed by atoms with Crippen molar-refractivity contribution in [3.05, 3.63) is 0 Å². The van der Waals surface area contributed by atoms with Crippen LogP contribution in [0.2, 0.25) is 0 Å². The molecular formula is C10H14O9. The summed E-state index contributed by atoms with van der Waals surface area (Å²) in [5.74, 6) is -8.03. The van der Waals surface area contributed by atoms with Crippen molar-refractivity contribution in [1.29, 1.82) is 0 Å². The van der Waals surface area contributed by atoms with Crippen LogP contribution in [0.5, 0.6) is 0 Å². The average Bonchev–Trinajstić information content (AvgIpc) is 2.22. The minimum Gasteiger partial charge on any atom is -0.421 e. The maximum Gasteiger partial charge on any atom is 0.426 e. The molecule has 108 valence electrons. The second kappa shape index (κ2) is 6.81. The zero-order valence-corrected chi connectivity index (χ0v) is 10.5. The van der Waals surface area contributed by atoms with E-state index in [1.165, 1.54) is 6.92 Å². The molecule has 0 amide bonds. The molecule has 2 N–H and O–H groups in total. The lowest BCUT2D eigenvalue weighted by Crippen LogP contribution is -2.46. The van der Waals surface area contributed by atoms with E-state index in [1.54, 1.807) is 0 Å². The molecule has 2 atom stereocenters. The Balaban J connectivity index is 4.77. The lowest BCUT2D eigenvalue weighted by Gasteiger charge is -2.24. The number of esters is 1. The fourth-order valence-electron chi connectivity index (χ4n) is 1.00. The number of carbonyl (C=O) groups is 4. The fourth-order valence-corrected chi connectivity index (χ4v) is 1.00. The highest BCUT2D eigenvalue weighted by Crippen LogP contribution is 2.18. The van der Waals surface area contributed by atoms with Gasteiger partial charge in [0, 0.05) is 13.8 Å². The van der Waals surface area contributed by atoms with Gasteiger partial charge < -0.3 is 14.9 Å². The second-order valence-corrected chi connectivity index (χ2v) is 3.73. The van der Waals surface area contributed by atoms with Crippen LogP contribution in [0.4, 0.5) is 0 Å². The number of Topliss-reactive ketones (excluding diaryl/α,β-unsaturated/α-hetero) is 1. The van der Waals surface area contributed by atoms with Crippen LogP contribution < -0.4 is 0 Å². The molecule has 0 spiro atoms. The molecule has 19 heavy (non-hydrogen) atoms. The van der Waals surface area contributed by atoms with E-state index in [0.29, 0.717) is 0 Å². The van der Waals surface area contributed by atoms with Gasteiger partial charge in [-0.15, -0.1) is 0 Å². The van der Waals surface area contributed by atoms with E-state index in [0.717, 1.165) is 13.8 Å². The smallest absolute Gasteiger partial charge is 0.421 e. The van der Waals surface area contributed by atoms with Gasteiger partial charge in [-0.1, -0.05) is 0 Å². The molecule has 9 nitrogen and oxygen atoms in total. The molecule has 0 aromatic rings. The number of carbonyl (C=O) groups excluding carboxylic acids is 4. The van der Waals surface area contributed by atoms with Crippen LogP contribution >= 0.6 is 0 Å². The summed E-state index contributed by atoms with van der Waals surface area (Å²) in [4.78, 5) is 51.1. The average molecular weight is 278 g/mol. The van der Waals surface area contributed by atoms with E-state index in [4.69, 9.17) is 5.11 Å². The number of rotatable bonds is 5. The monoisotopic (exact) mass is 278 g/mol. The molecule has 0 aliphatic carbocycles. The molecule has 0 fully saturated rings. The zero-order valence-electron chi connectivity index (χ0n) is 10.5. The molecule has 0 heterocycles. The molecule has 0 rings (SSSR count). The van der Waals surface area contributed by atoms with Gasteiger partial charge in [0.05, 0.1) is 12.5 Å². The Morgan fingerprint density at radius 3 is 2.05 bits per heavy atom. The van der Waals surface area contributed by atoms with E-state index >= 15 is 0 Å². The van der Waals surface area contributed by atoms with Gasteiger partial charge >= 0.3 is 23.7 Å². The van der Waals surface area contributed by atoms with Crippen molar-refractivity contribution in [3.8, 4) is 0 Å². The second-order valence-electron chi connectivity index (χ2n) is 3.73. The molecule has 0 aromatic heterocycles. The molecule has 0 aromatic carbocycles. The van der Waals surface area contributed by atoms with Crippen molar-refractivity contribution >= 4 is 23.7 Å². The zero-order chi connectivity index (χ0) is 15.2. The quantitative estimate of drug-likeness (QED) is 0.204. The summed E-state index contributed by atoms with van der Waals surface area (Å²) in [7, 11) is 0. The van der Waals surface area contributed by atoms with Gasteiger partial charge in [-0.05, 0) is 6.92 Å². The van der Waals surface area contributed by atoms with Crippen LogP contribution in [0, 0.1) is 0 Å². The lowest BCUT2D eigenvalue weighted by atomic mass is 10.1. The summed E-state index contributed by atoms with van der Waals surface area (Å²) >= 11 is 0. The van der Waals surface area contributed by atoms with Crippen LogP contribution in [-0.2, 0) is 33.7 Å². The van der Waals surface area contributed by atoms with Gasteiger partial charge in [-0.2, -0.15) is 0 Å². The van der Waals surface area contributed by atoms with E-state index in [-0.39, 0.29) is 0 Å². The Kier molecular flexibility index (Phi) is 6.09. The maximum atomic E-state index is 11.4. The summed E-state index contributed by atoms with van der Waals surface area (Å²) < 4.78 is 4.31. The fraction of sp³-hybridized carbons (Fsp3) is 0.600. The molecule has 9 heteroatoms. The lowest BCUT2D eigenvalue weighted by molar-refractivity contribution is -0.292. The van der Waals surface area contributed by atoms with E-state index < -0.39 is 42.0 Å². The van der Waals surface area contributed by atoms with Gasteiger partial charge in [-0.25, -0.2) is 19.4 Å². The van der Waals surface area contributed by atoms with Gasteiger partial charge in [0.25, 0.3) is 0 Å². The number of aliphatic hydroxyl groups is 2. The Bertz CT molecular complexity index is 386. The summed E-state index contributed by atoms with van der Waals surface area (Å²) in [5, 5.41) is 18.8. The SMILES string of the molecule is CC(=O)OC(O)(CC(C)O)C(=O)OOC(=O)C(C)=O. The number of hydrogen-bond acceptors (Lipinski definition) is 9. The Morgan fingerprint density at radius 1 is 1.16 bits per heavy atom. The summed E-state index contributed by atoms with van der Waals surface area (Å²) in [5.41, 5.74) is 0. The predicted molar refractivity (Wildman–Crippen MR) is 55.9 cm³/mol. The van der Waals surface area contributed by atoms with Crippen LogP contribution in [-0.4, -0.2) is 45.8 Å². The highest BCUT2D eigenvalue weighted by atomic mass is 17.2. The number of aliphatic hydroxyl groups excluding tert-OH is 1. The standard InChI is InChI=1S/C10H14O9/c1-5(11)4-10(16,17-7(3)13)9(15)19-18-8(14)6(2)12/h5,11,16H,4H2,1-3H3. The van der Waals surface area contributed by atoms with Gasteiger partial charge in [0.1, 0.15) is 0 Å². The molecule has 0 aliphatic heterocycles. The third kappa shape index (κ3) is 5.93. The molecule has 0 bridgehead atoms. The van der Waals surface area contributed by atoms with Crippen molar-refractivity contribution in [2.24, 2.45) is 0 Å². The molecule has 2 unspecified atom stereocenters. The summed E-state index contributed by atoms with van der Waals surface area (Å²) in [6.45, 7) is 2.98. The van der Waals surface area contributed by atoms with Crippen LogP contribution in [0.15, 0.2) is 0 Å². The van der Waals surface area contributed by atoms with Gasteiger partial charge in [-0.3, -0.25) is 9.59 Å². The molecule has 0 aliphatic rings. The van der Waals surface area contributed by atoms with E-state index in [2.05, 4.69) is 14.5 Å². The molecule has 0 radical (unpaired) electrons. The summed E-state index contributed by atoms with van der Waals surface area (Å²) in [6, 6.07) is 0. The van der Waals surface area contributed by atoms with Gasteiger partial charge in [0.2, 0.25) is 5.78 Å². The van der Waals surface area contributed by atoms with Crippen molar-refractivity contribution in [2.75, 3.05) is 0 Å². The Morgan fingerprint density at radius 2 is 1.68 bits per heavy atom. The third-order valence-corrected chi connectivity index (χ3v) is 1.68. The number of hydrogen-bond donors (Lipinski definition) is 2. The maximum absolute atomic E-state index is 11.4. The van der Waals surface area contributed by atoms with Crippen molar-refractivity contribution in [1.82, 2.24) is 0 Å². The first-order valence-corrected chi connectivity index (χ1v) is 5.12. The highest BCUT2D eigenvalue weighted by Gasteiger charge is 2.44. The van der Waals surface area contributed by atoms with Crippen molar-refractivity contribution in [2.45, 2.75) is 39.1 Å². The summed E-state index contributed by atoms with van der Waals surface area (Å²) in [6.07, 6.45) is -1.93. The van der Waals surface area contributed by atoms with E-state index in [1.807, 2.05) is 0 Å². The molecular weight excluding hydrogens is 264 g/mol. The van der Waals surface area contributed by atoms with Gasteiger partial charge in [0.15, 0.2) is 0 Å². The van der Waals surface area contributed by atoms with E-state index in [9.17, 15) is 24.3 Å². The molecule has 0 saturated carbocycles. The Labute approximate surface area is 108 Å². The largest absolute Gasteiger partial charge is 0.426 e. The number of ether oxygens (including phenoxy) is 1. The third-order valence-electron chi connectivity index (χ3n) is 1.68. The normalized spacial score (nSPS) is 14.8. The molecule has 0 saturated heterocycles. The predicted octanol–water partition coefficient (Wildman–Crippen LogP) is -1.40. The van der Waals surface area contributed by atoms with Crippen LogP contribution in [0.3, 0.4) is 0 Å². The topological polar surface area (TPSA) is 136 Å². The van der Waals surface area contributed by atoms with Crippen LogP contribution in [0.25, 0.3) is 0 Å². The first kappa shape index (κ1) is 17.0. The minimum absolute atomic E-state index is 0.705. The highest BCUT2D eigenvalue weighted by molar-refractivity contribution is 6.32. The first-order chi connectivity index (χ1) is 8.58. The first-order valence-electron chi connectivity index (χ1n) is 5.12. The van der Waals surface area contributed by atoms with Crippen molar-refractivity contribution in [3.63, 3.8) is 0 Å².